The van der Waals surface area contributed by atoms with Crippen LogP contribution in [0.25, 0.3) is 0 Å². The summed E-state index contributed by atoms with van der Waals surface area (Å²) in [6.07, 6.45) is 37.1. The van der Waals surface area contributed by atoms with Crippen LogP contribution in [0.4, 0.5) is 0 Å². The van der Waals surface area contributed by atoms with Gasteiger partial charge in [0, 0.05) is 0 Å². The first-order chi connectivity index (χ1) is 21.2. The third-order valence-electron chi connectivity index (χ3n) is 8.25. The normalized spacial score (nSPS) is 12.7. The van der Waals surface area contributed by atoms with Crippen LogP contribution in [0.15, 0.2) is 0 Å². The van der Waals surface area contributed by atoms with Gasteiger partial charge < -0.3 is 24.4 Å². The van der Waals surface area contributed by atoms with E-state index in [1.54, 1.807) is 0 Å². The lowest BCUT2D eigenvalue weighted by atomic mass is 10.0. The molecule has 2 atom stereocenters. The lowest BCUT2D eigenvalue weighted by Gasteiger charge is -2.25. The van der Waals surface area contributed by atoms with Gasteiger partial charge in [-0.25, -0.2) is 0 Å². The fourth-order valence-electron chi connectivity index (χ4n) is 5.51. The Kier molecular flexibility index (Phi) is 43.7. The first-order valence-corrected chi connectivity index (χ1v) is 19.2. The molecule has 0 aliphatic heterocycles. The zero-order chi connectivity index (χ0) is 31.9. The lowest BCUT2D eigenvalue weighted by molar-refractivity contribution is -0.0321. The highest BCUT2D eigenvalue weighted by molar-refractivity contribution is 4.66. The molecule has 2 N–H and O–H groups in total. The van der Waals surface area contributed by atoms with Crippen LogP contribution in [0, 0.1) is 0 Å². The number of ether oxygens (including phenoxy) is 3. The molecule has 5 heteroatoms. The summed E-state index contributed by atoms with van der Waals surface area (Å²) in [5.41, 5.74) is 0. The number of aliphatic hydroxyl groups is 2. The smallest absolute Gasteiger partial charge is 0.0701 e. The molecule has 0 rings (SSSR count). The van der Waals surface area contributed by atoms with E-state index in [2.05, 4.69) is 27.7 Å². The molecule has 0 radical (unpaired) electrons. The average molecular weight is 617 g/mol. The number of rotatable bonds is 35. The predicted molar refractivity (Wildman–Crippen MR) is 187 cm³/mol. The summed E-state index contributed by atoms with van der Waals surface area (Å²) in [4.78, 5) is 0. The van der Waals surface area contributed by atoms with Crippen molar-refractivity contribution in [3.05, 3.63) is 0 Å². The molecule has 0 saturated heterocycles. The van der Waals surface area contributed by atoms with Crippen LogP contribution < -0.4 is 0 Å². The van der Waals surface area contributed by atoms with E-state index in [1.165, 1.54) is 167 Å². The summed E-state index contributed by atoms with van der Waals surface area (Å²) < 4.78 is 16.5. The predicted octanol–water partition coefficient (Wildman–Crippen LogP) is 11.0. The van der Waals surface area contributed by atoms with Gasteiger partial charge in [0.15, 0.2) is 0 Å². The standard InChI is InChI=1S/C32H66O.C6H14O4/c1-5-9-13-15-17-19-21-23-25-29-31(27-11-7-3)33-32(28-12-8-4)30-26-24-22-20-18-16-14-10-6-2;7-1-3-9-5-6-10-4-2-8/h31-32H,5-30H2,1-4H3;7-8H,1-6H2. The molecule has 262 valence electrons. The zero-order valence-electron chi connectivity index (χ0n) is 29.9. The van der Waals surface area contributed by atoms with Gasteiger partial charge in [-0.15, -0.1) is 0 Å². The maximum absolute atomic E-state index is 8.26. The zero-order valence-corrected chi connectivity index (χ0v) is 29.9. The number of hydrogen-bond acceptors (Lipinski definition) is 5. The molecular weight excluding hydrogens is 536 g/mol. The van der Waals surface area contributed by atoms with E-state index in [0.717, 1.165) is 0 Å². The maximum Gasteiger partial charge on any atom is 0.0701 e. The van der Waals surface area contributed by atoms with Gasteiger partial charge in [0.25, 0.3) is 0 Å². The molecule has 43 heavy (non-hydrogen) atoms. The van der Waals surface area contributed by atoms with Gasteiger partial charge in [-0.3, -0.25) is 0 Å². The second-order valence-corrected chi connectivity index (χ2v) is 12.6. The van der Waals surface area contributed by atoms with Crippen molar-refractivity contribution in [3.63, 3.8) is 0 Å². The van der Waals surface area contributed by atoms with Crippen LogP contribution in [0.2, 0.25) is 0 Å². The molecule has 0 aromatic rings. The Balaban J connectivity index is 0. The Morgan fingerprint density at radius 1 is 0.349 bits per heavy atom. The average Bonchev–Trinajstić information content (AvgIpc) is 3.02. The van der Waals surface area contributed by atoms with Crippen molar-refractivity contribution >= 4 is 0 Å². The molecule has 0 aromatic heterocycles. The molecule has 0 spiro atoms. The number of hydrogen-bond donors (Lipinski definition) is 2. The Morgan fingerprint density at radius 2 is 0.628 bits per heavy atom. The van der Waals surface area contributed by atoms with Crippen LogP contribution in [-0.2, 0) is 14.2 Å². The van der Waals surface area contributed by atoms with Crippen molar-refractivity contribution in [2.45, 2.75) is 207 Å². The fraction of sp³-hybridized carbons (Fsp3) is 1.00. The first-order valence-electron chi connectivity index (χ1n) is 19.2. The van der Waals surface area contributed by atoms with Crippen molar-refractivity contribution in [3.8, 4) is 0 Å². The van der Waals surface area contributed by atoms with E-state index >= 15 is 0 Å². The van der Waals surface area contributed by atoms with E-state index in [0.29, 0.717) is 38.6 Å². The summed E-state index contributed by atoms with van der Waals surface area (Å²) in [5.74, 6) is 0. The number of unbranched alkanes of at least 4 members (excludes halogenated alkanes) is 18. The Hall–Kier alpha value is -0.200. The second kappa shape index (κ2) is 41.8. The van der Waals surface area contributed by atoms with Crippen LogP contribution in [0.1, 0.15) is 195 Å². The minimum atomic E-state index is 0.0417. The molecule has 0 saturated carbocycles. The second-order valence-electron chi connectivity index (χ2n) is 12.6. The van der Waals surface area contributed by atoms with E-state index in [9.17, 15) is 0 Å². The van der Waals surface area contributed by atoms with Crippen LogP contribution >= 0.6 is 0 Å². The quantitative estimate of drug-likeness (QED) is 0.0693. The molecule has 2 unspecified atom stereocenters. The van der Waals surface area contributed by atoms with Gasteiger partial charge in [0.1, 0.15) is 0 Å². The van der Waals surface area contributed by atoms with Crippen LogP contribution in [0.5, 0.6) is 0 Å². The van der Waals surface area contributed by atoms with E-state index < -0.39 is 0 Å². The molecule has 0 heterocycles. The van der Waals surface area contributed by atoms with E-state index in [-0.39, 0.29) is 13.2 Å². The number of aliphatic hydroxyl groups excluding tert-OH is 2. The first kappa shape index (κ1) is 44.9. The van der Waals surface area contributed by atoms with Crippen molar-refractivity contribution in [1.29, 1.82) is 0 Å². The molecule has 5 nitrogen and oxygen atoms in total. The molecule has 0 fully saturated rings. The molecular formula is C38H80O5. The molecule has 0 aliphatic rings. The minimum absolute atomic E-state index is 0.0417. The van der Waals surface area contributed by atoms with Crippen molar-refractivity contribution in [1.82, 2.24) is 0 Å². The highest BCUT2D eigenvalue weighted by atomic mass is 16.5. The SMILES string of the molecule is CCCCCCCCCCCC(CCCC)OC(CCCC)CCCCCCCCCCC.OCCOCCOCCO. The van der Waals surface area contributed by atoms with Crippen LogP contribution in [0.3, 0.4) is 0 Å². The van der Waals surface area contributed by atoms with E-state index in [4.69, 9.17) is 24.4 Å². The minimum Gasteiger partial charge on any atom is -0.394 e. The van der Waals surface area contributed by atoms with Crippen LogP contribution in [-0.4, -0.2) is 62.1 Å². The highest BCUT2D eigenvalue weighted by Gasteiger charge is 2.16. The Bertz CT molecular complexity index is 422. The molecule has 0 bridgehead atoms. The monoisotopic (exact) mass is 617 g/mol. The molecule has 0 aliphatic carbocycles. The fourth-order valence-corrected chi connectivity index (χ4v) is 5.51. The highest BCUT2D eigenvalue weighted by Crippen LogP contribution is 2.22. The summed E-state index contributed by atoms with van der Waals surface area (Å²) in [6, 6.07) is 0. The van der Waals surface area contributed by atoms with Crippen molar-refractivity contribution < 1.29 is 24.4 Å². The van der Waals surface area contributed by atoms with Gasteiger partial charge in [-0.1, -0.05) is 169 Å². The molecule has 0 aromatic carbocycles. The maximum atomic E-state index is 8.26. The molecule has 0 amide bonds. The van der Waals surface area contributed by atoms with Crippen molar-refractivity contribution in [2.24, 2.45) is 0 Å². The van der Waals surface area contributed by atoms with Gasteiger partial charge in [-0.2, -0.15) is 0 Å². The summed E-state index contributed by atoms with van der Waals surface area (Å²) in [6.45, 7) is 11.0. The summed E-state index contributed by atoms with van der Waals surface area (Å²) >= 11 is 0. The van der Waals surface area contributed by atoms with Gasteiger partial charge >= 0.3 is 0 Å². The summed E-state index contributed by atoms with van der Waals surface area (Å²) in [7, 11) is 0. The topological polar surface area (TPSA) is 68.2 Å². The van der Waals surface area contributed by atoms with Gasteiger partial charge in [0.05, 0.1) is 51.8 Å². The third kappa shape index (κ3) is 39.8. The third-order valence-corrected chi connectivity index (χ3v) is 8.25. The largest absolute Gasteiger partial charge is 0.394 e. The summed E-state index contributed by atoms with van der Waals surface area (Å²) in [5, 5.41) is 16.5. The van der Waals surface area contributed by atoms with E-state index in [1.807, 2.05) is 0 Å². The lowest BCUT2D eigenvalue weighted by Crippen LogP contribution is -2.23. The Morgan fingerprint density at radius 3 is 0.930 bits per heavy atom. The van der Waals surface area contributed by atoms with Gasteiger partial charge in [-0.05, 0) is 25.7 Å². The van der Waals surface area contributed by atoms with Gasteiger partial charge in [0.2, 0.25) is 0 Å². The Labute approximate surface area is 270 Å². The van der Waals surface area contributed by atoms with Crippen molar-refractivity contribution in [2.75, 3.05) is 39.6 Å².